The van der Waals surface area contributed by atoms with Gasteiger partial charge in [0.25, 0.3) is 0 Å². The van der Waals surface area contributed by atoms with Crippen molar-refractivity contribution in [1.82, 2.24) is 0 Å². The number of carboxylic acids is 1. The first-order valence-corrected chi connectivity index (χ1v) is 19.4. The van der Waals surface area contributed by atoms with E-state index >= 15 is 0 Å². The molecule has 0 fully saturated rings. The fraction of sp³-hybridized carbons (Fsp3) is 0.651. The molecule has 0 saturated carbocycles. The maximum Gasteiger partial charge on any atom is 0.337 e. The van der Waals surface area contributed by atoms with Gasteiger partial charge < -0.3 is 29.2 Å². The second-order valence-electron chi connectivity index (χ2n) is 12.8. The van der Waals surface area contributed by atoms with Crippen molar-refractivity contribution in [3.8, 4) is 0 Å². The Bertz CT molecular complexity index is 1090. The predicted molar refractivity (Wildman–Crippen MR) is 217 cm³/mol. The third-order valence-electron chi connectivity index (χ3n) is 7.21. The molecule has 0 aliphatic carbocycles. The molecule has 0 bridgehead atoms. The number of rotatable bonds is 28. The topological polar surface area (TPSA) is 163 Å². The Morgan fingerprint density at radius 3 is 1.11 bits per heavy atom. The third kappa shape index (κ3) is 48.0. The zero-order valence-corrected chi connectivity index (χ0v) is 34.6. The number of unbranched alkanes of at least 4 members (excludes halogenated alkanes) is 16. The highest BCUT2D eigenvalue weighted by Gasteiger charge is 2.05. The number of aliphatic hydroxyl groups excluding tert-OH is 1. The monoisotopic (exact) mass is 767 g/mol. The molecule has 0 rings (SSSR count). The van der Waals surface area contributed by atoms with E-state index in [2.05, 4.69) is 49.6 Å². The first kappa shape index (κ1) is 56.7. The van der Waals surface area contributed by atoms with Crippen molar-refractivity contribution in [3.63, 3.8) is 0 Å². The summed E-state index contributed by atoms with van der Waals surface area (Å²) in [6, 6.07) is 0. The van der Waals surface area contributed by atoms with Crippen molar-refractivity contribution >= 4 is 29.8 Å². The summed E-state index contributed by atoms with van der Waals surface area (Å²) in [5.41, 5.74) is 1.32. The van der Waals surface area contributed by atoms with Gasteiger partial charge in [-0.2, -0.15) is 0 Å². The van der Waals surface area contributed by atoms with Crippen LogP contribution < -0.4 is 0 Å². The van der Waals surface area contributed by atoms with Gasteiger partial charge in [0.05, 0.1) is 32.5 Å². The minimum absolute atomic E-state index is 0.0733. The van der Waals surface area contributed by atoms with E-state index in [1.807, 2.05) is 0 Å². The van der Waals surface area contributed by atoms with Gasteiger partial charge in [0, 0.05) is 22.8 Å². The van der Waals surface area contributed by atoms with Gasteiger partial charge in [-0.1, -0.05) is 143 Å². The van der Waals surface area contributed by atoms with Crippen molar-refractivity contribution < 1.29 is 53.1 Å². The molecule has 0 saturated heterocycles. The summed E-state index contributed by atoms with van der Waals surface area (Å²) >= 11 is 0. The summed E-state index contributed by atoms with van der Waals surface area (Å²) in [7, 11) is 1.33. The van der Waals surface area contributed by atoms with Gasteiger partial charge in [-0.15, -0.1) is 0 Å². The summed E-state index contributed by atoms with van der Waals surface area (Å²) in [6.45, 7) is 23.6. The summed E-state index contributed by atoms with van der Waals surface area (Å²) in [4.78, 5) is 52.9. The van der Waals surface area contributed by atoms with Crippen LogP contribution in [0.25, 0.3) is 0 Å². The Morgan fingerprint density at radius 1 is 0.481 bits per heavy atom. The minimum Gasteiger partial charge on any atom is -0.478 e. The molecule has 2 N–H and O–H groups in total. The summed E-state index contributed by atoms with van der Waals surface area (Å²) in [5, 5.41) is 16.5. The summed E-state index contributed by atoms with van der Waals surface area (Å²) < 4.78 is 18.6. The van der Waals surface area contributed by atoms with E-state index in [0.717, 1.165) is 31.4 Å². The zero-order chi connectivity index (χ0) is 42.0. The van der Waals surface area contributed by atoms with Gasteiger partial charge in [0.2, 0.25) is 0 Å². The number of hydrogen-bond acceptors (Lipinski definition) is 10. The number of aliphatic hydroxyl groups is 1. The zero-order valence-electron chi connectivity index (χ0n) is 34.6. The van der Waals surface area contributed by atoms with Crippen molar-refractivity contribution in [2.75, 3.05) is 33.5 Å². The predicted octanol–water partition coefficient (Wildman–Crippen LogP) is 9.73. The highest BCUT2D eigenvalue weighted by Crippen LogP contribution is 2.14. The van der Waals surface area contributed by atoms with Gasteiger partial charge >= 0.3 is 29.8 Å². The molecule has 0 aliphatic rings. The van der Waals surface area contributed by atoms with Gasteiger partial charge in [-0.25, -0.2) is 24.0 Å². The Morgan fingerprint density at radius 2 is 0.815 bits per heavy atom. The van der Waals surface area contributed by atoms with Gasteiger partial charge in [-0.3, -0.25) is 0 Å². The molecule has 11 nitrogen and oxygen atoms in total. The number of ether oxygens (including phenoxy) is 4. The fourth-order valence-corrected chi connectivity index (χ4v) is 4.02. The number of hydrogen-bond donors (Lipinski definition) is 2. The number of methoxy groups -OCH3 is 1. The molecular formula is C43H74O11. The molecule has 0 aromatic carbocycles. The van der Waals surface area contributed by atoms with Crippen molar-refractivity contribution in [2.45, 2.75) is 150 Å². The quantitative estimate of drug-likeness (QED) is 0.0256. The molecule has 0 atom stereocenters. The van der Waals surface area contributed by atoms with Crippen LogP contribution in [0.5, 0.6) is 0 Å². The van der Waals surface area contributed by atoms with Gasteiger partial charge in [-0.05, 0) is 39.7 Å². The van der Waals surface area contributed by atoms with E-state index in [1.165, 1.54) is 103 Å². The SMILES string of the molecule is C=C(C)C(=O)OC.C=C(C)C(=O)OCCCC.C=C(C)C(=O)OCCCCCCCCCCCCCCCCCC.C=C(C=CC(=O)O)C(=O)OCCO. The number of aliphatic carboxylic acids is 1. The Kier molecular flexibility index (Phi) is 45.6. The van der Waals surface area contributed by atoms with Gasteiger partial charge in [0.1, 0.15) is 6.61 Å². The van der Waals surface area contributed by atoms with Crippen LogP contribution in [0.4, 0.5) is 0 Å². The van der Waals surface area contributed by atoms with E-state index in [0.29, 0.717) is 29.9 Å². The molecule has 0 amide bonds. The smallest absolute Gasteiger partial charge is 0.337 e. The largest absolute Gasteiger partial charge is 0.478 e. The van der Waals surface area contributed by atoms with Crippen LogP contribution in [0.1, 0.15) is 150 Å². The van der Waals surface area contributed by atoms with E-state index in [1.54, 1.807) is 20.8 Å². The standard InChI is InChI=1S/C22H42O2.C8H10O5.C8H14O2.C5H8O2/c1-4-5-6-7-8-9-10-11-12-13-14-15-16-17-18-19-20-24-22(23)21(2)3;1-6(2-3-7(10)11)8(12)13-5-4-9;1-4-5-6-10-8(9)7(2)3;1-4(2)5(6)7-3/h2,4-20H2,1,3H3;2-3,9H,1,4-5H2,(H,10,11);2,4-6H2,1,3H3;1H2,2-3H3. The van der Waals surface area contributed by atoms with Crippen molar-refractivity contribution in [1.29, 1.82) is 0 Å². The molecular weight excluding hydrogens is 692 g/mol. The lowest BCUT2D eigenvalue weighted by molar-refractivity contribution is -0.140. The number of carbonyl (C=O) groups excluding carboxylic acids is 4. The minimum atomic E-state index is -1.17. The summed E-state index contributed by atoms with van der Waals surface area (Å²) in [6.07, 6.45) is 25.5. The van der Waals surface area contributed by atoms with E-state index < -0.39 is 11.9 Å². The van der Waals surface area contributed by atoms with Crippen LogP contribution in [0.2, 0.25) is 0 Å². The Hall–Kier alpha value is -3.99. The molecule has 0 unspecified atom stereocenters. The van der Waals surface area contributed by atoms with Crippen LogP contribution in [0.3, 0.4) is 0 Å². The Labute approximate surface area is 326 Å². The lowest BCUT2D eigenvalue weighted by Gasteiger charge is -2.05. The molecule has 312 valence electrons. The van der Waals surface area contributed by atoms with Gasteiger partial charge in [0.15, 0.2) is 0 Å². The number of esters is 4. The first-order valence-electron chi connectivity index (χ1n) is 19.4. The second kappa shape index (κ2) is 43.4. The van der Waals surface area contributed by atoms with Crippen LogP contribution in [-0.2, 0) is 42.9 Å². The van der Waals surface area contributed by atoms with Crippen LogP contribution in [0.15, 0.2) is 60.8 Å². The Balaban J connectivity index is -0.000000348. The van der Waals surface area contributed by atoms with Crippen molar-refractivity contribution in [3.05, 3.63) is 60.8 Å². The van der Waals surface area contributed by atoms with E-state index in [9.17, 15) is 24.0 Å². The second-order valence-corrected chi connectivity index (χ2v) is 12.8. The molecule has 0 aliphatic heterocycles. The molecule has 54 heavy (non-hydrogen) atoms. The maximum atomic E-state index is 11.2. The van der Waals surface area contributed by atoms with Crippen molar-refractivity contribution in [2.24, 2.45) is 0 Å². The summed E-state index contributed by atoms with van der Waals surface area (Å²) in [5.74, 6) is -2.80. The number of carbonyl (C=O) groups is 5. The fourth-order valence-electron chi connectivity index (χ4n) is 4.02. The lowest BCUT2D eigenvalue weighted by Crippen LogP contribution is -2.09. The maximum absolute atomic E-state index is 11.2. The lowest BCUT2D eigenvalue weighted by atomic mass is 10.0. The average molecular weight is 767 g/mol. The molecule has 0 aromatic rings. The molecule has 0 spiro atoms. The molecule has 0 aromatic heterocycles. The average Bonchev–Trinajstić information content (AvgIpc) is 3.14. The molecule has 11 heteroatoms. The van der Waals surface area contributed by atoms with Crippen LogP contribution in [0, 0.1) is 0 Å². The molecule has 0 radical (unpaired) electrons. The number of carboxylic acid groups (broad SMARTS) is 1. The van der Waals surface area contributed by atoms with E-state index in [-0.39, 0.29) is 36.7 Å². The third-order valence-corrected chi connectivity index (χ3v) is 7.21. The molecule has 0 heterocycles. The highest BCUT2D eigenvalue weighted by atomic mass is 16.5. The van der Waals surface area contributed by atoms with Crippen LogP contribution in [-0.4, -0.2) is 73.6 Å². The van der Waals surface area contributed by atoms with Crippen LogP contribution >= 0.6 is 0 Å². The normalized spacial score (nSPS) is 9.83. The highest BCUT2D eigenvalue weighted by molar-refractivity contribution is 5.93. The van der Waals surface area contributed by atoms with E-state index in [4.69, 9.17) is 19.7 Å². The first-order chi connectivity index (χ1) is 25.6.